The van der Waals surface area contributed by atoms with Crippen LogP contribution in [0.5, 0.6) is 0 Å². The predicted molar refractivity (Wildman–Crippen MR) is 97.9 cm³/mol. The van der Waals surface area contributed by atoms with Crippen LogP contribution in [0, 0.1) is 6.92 Å². The van der Waals surface area contributed by atoms with Gasteiger partial charge < -0.3 is 9.47 Å². The van der Waals surface area contributed by atoms with Crippen molar-refractivity contribution in [3.05, 3.63) is 58.6 Å². The lowest BCUT2D eigenvalue weighted by Crippen LogP contribution is -2.26. The van der Waals surface area contributed by atoms with E-state index in [2.05, 4.69) is 24.8 Å². The number of aryl methyl sites for hydroxylation is 1. The number of rotatable bonds is 5. The Morgan fingerprint density at radius 2 is 2.19 bits per heavy atom. The van der Waals surface area contributed by atoms with E-state index in [1.807, 2.05) is 35.8 Å². The number of nitrogens with zero attached hydrogens (tertiary/aromatic N) is 6. The van der Waals surface area contributed by atoms with Crippen molar-refractivity contribution in [2.45, 2.75) is 20.0 Å². The van der Waals surface area contributed by atoms with E-state index in [9.17, 15) is 4.79 Å². The van der Waals surface area contributed by atoms with Gasteiger partial charge >= 0.3 is 0 Å². The number of hydrogen-bond donors (Lipinski definition) is 1. The molecule has 0 saturated carbocycles. The van der Waals surface area contributed by atoms with E-state index in [1.54, 1.807) is 24.3 Å². The number of amides is 1. The first kappa shape index (κ1) is 16.4. The van der Waals surface area contributed by atoms with Gasteiger partial charge in [0.1, 0.15) is 5.69 Å². The van der Waals surface area contributed by atoms with Crippen molar-refractivity contribution in [2.24, 2.45) is 0 Å². The SMILES string of the molecule is Cc1nnsc1CN(C)C(=O)c1cc(Cn2cnc3ccccc32)[nH]n1. The average molecular weight is 367 g/mol. The Bertz CT molecular complexity index is 1060. The molecule has 9 heteroatoms. The van der Waals surface area contributed by atoms with E-state index in [-0.39, 0.29) is 5.91 Å². The molecule has 0 spiro atoms. The van der Waals surface area contributed by atoms with Crippen LogP contribution in [0.4, 0.5) is 0 Å². The van der Waals surface area contributed by atoms with Gasteiger partial charge in [-0.2, -0.15) is 5.10 Å². The van der Waals surface area contributed by atoms with E-state index in [1.165, 1.54) is 11.5 Å². The minimum absolute atomic E-state index is 0.143. The zero-order chi connectivity index (χ0) is 18.1. The minimum atomic E-state index is -0.143. The Kier molecular flexibility index (Phi) is 4.21. The molecular weight excluding hydrogens is 350 g/mol. The number of aromatic amines is 1. The molecule has 0 fully saturated rings. The first-order chi connectivity index (χ1) is 12.6. The molecule has 3 aromatic heterocycles. The van der Waals surface area contributed by atoms with Gasteiger partial charge in [-0.3, -0.25) is 9.89 Å². The molecule has 8 nitrogen and oxygen atoms in total. The van der Waals surface area contributed by atoms with Crippen molar-refractivity contribution < 1.29 is 4.79 Å². The molecular formula is C17H17N7OS. The Morgan fingerprint density at radius 3 is 3.00 bits per heavy atom. The van der Waals surface area contributed by atoms with E-state index >= 15 is 0 Å². The van der Waals surface area contributed by atoms with Crippen LogP contribution in [0.2, 0.25) is 0 Å². The van der Waals surface area contributed by atoms with E-state index in [0.29, 0.717) is 18.8 Å². The third-order valence-electron chi connectivity index (χ3n) is 4.19. The van der Waals surface area contributed by atoms with Crippen molar-refractivity contribution in [3.8, 4) is 0 Å². The molecule has 132 valence electrons. The summed E-state index contributed by atoms with van der Waals surface area (Å²) in [4.78, 5) is 19.6. The third kappa shape index (κ3) is 3.08. The van der Waals surface area contributed by atoms with Crippen LogP contribution in [0.25, 0.3) is 11.0 Å². The Balaban J connectivity index is 1.48. The van der Waals surface area contributed by atoms with Gasteiger partial charge in [0.2, 0.25) is 0 Å². The summed E-state index contributed by atoms with van der Waals surface area (Å²) < 4.78 is 5.92. The average Bonchev–Trinajstić information content (AvgIpc) is 3.37. The number of nitrogens with one attached hydrogen (secondary N) is 1. The lowest BCUT2D eigenvalue weighted by atomic mass is 10.3. The van der Waals surface area contributed by atoms with E-state index < -0.39 is 0 Å². The lowest BCUT2D eigenvalue weighted by Gasteiger charge is -2.14. The van der Waals surface area contributed by atoms with Gasteiger partial charge in [0.15, 0.2) is 0 Å². The molecule has 26 heavy (non-hydrogen) atoms. The summed E-state index contributed by atoms with van der Waals surface area (Å²) in [7, 11) is 1.75. The molecule has 0 saturated heterocycles. The van der Waals surface area contributed by atoms with Gasteiger partial charge in [-0.05, 0) is 36.7 Å². The van der Waals surface area contributed by atoms with Gasteiger partial charge in [0, 0.05) is 7.05 Å². The zero-order valence-corrected chi connectivity index (χ0v) is 15.2. The summed E-state index contributed by atoms with van der Waals surface area (Å²) in [5.74, 6) is -0.143. The van der Waals surface area contributed by atoms with Crippen LogP contribution in [0.15, 0.2) is 36.7 Å². The minimum Gasteiger partial charge on any atom is -0.335 e. The smallest absolute Gasteiger partial charge is 0.274 e. The fourth-order valence-electron chi connectivity index (χ4n) is 2.75. The van der Waals surface area contributed by atoms with Gasteiger partial charge in [-0.25, -0.2) is 4.98 Å². The fraction of sp³-hybridized carbons (Fsp3) is 0.235. The highest BCUT2D eigenvalue weighted by atomic mass is 32.1. The number of benzene rings is 1. The molecule has 0 radical (unpaired) electrons. The highest BCUT2D eigenvalue weighted by Gasteiger charge is 2.18. The molecule has 3 heterocycles. The summed E-state index contributed by atoms with van der Waals surface area (Å²) in [5, 5.41) is 11.1. The number of H-pyrrole nitrogens is 1. The second-order valence-corrected chi connectivity index (χ2v) is 6.92. The van der Waals surface area contributed by atoms with Crippen LogP contribution in [-0.2, 0) is 13.1 Å². The molecule has 1 amide bonds. The predicted octanol–water partition coefficient (Wildman–Crippen LogP) is 2.24. The molecule has 4 aromatic rings. The topological polar surface area (TPSA) is 92.6 Å². The molecule has 0 bridgehead atoms. The van der Waals surface area contributed by atoms with E-state index in [4.69, 9.17) is 0 Å². The molecule has 0 aliphatic carbocycles. The fourth-order valence-corrected chi connectivity index (χ4v) is 3.44. The maximum absolute atomic E-state index is 12.6. The van der Waals surface area contributed by atoms with Crippen LogP contribution in [0.3, 0.4) is 0 Å². The van der Waals surface area contributed by atoms with Gasteiger partial charge in [-0.15, -0.1) is 5.10 Å². The normalized spacial score (nSPS) is 11.2. The van der Waals surface area contributed by atoms with Gasteiger partial charge in [0.25, 0.3) is 5.91 Å². The quantitative estimate of drug-likeness (QED) is 0.584. The summed E-state index contributed by atoms with van der Waals surface area (Å²) in [6.07, 6.45) is 1.79. The van der Waals surface area contributed by atoms with E-state index in [0.717, 1.165) is 27.3 Å². The summed E-state index contributed by atoms with van der Waals surface area (Å²) in [5.41, 5.74) is 4.07. The second-order valence-electron chi connectivity index (χ2n) is 6.08. The van der Waals surface area contributed by atoms with Crippen molar-refractivity contribution in [3.63, 3.8) is 0 Å². The number of fused-ring (bicyclic) bond motifs is 1. The molecule has 0 atom stereocenters. The number of para-hydroxylation sites is 2. The molecule has 0 aliphatic heterocycles. The maximum Gasteiger partial charge on any atom is 0.274 e. The van der Waals surface area contributed by atoms with Crippen molar-refractivity contribution in [1.82, 2.24) is 34.2 Å². The maximum atomic E-state index is 12.6. The van der Waals surface area contributed by atoms with Gasteiger partial charge in [0.05, 0.1) is 46.7 Å². The van der Waals surface area contributed by atoms with Crippen LogP contribution >= 0.6 is 11.5 Å². The number of aromatic nitrogens is 6. The number of imidazole rings is 1. The molecule has 0 aliphatic rings. The molecule has 4 rings (SSSR count). The highest BCUT2D eigenvalue weighted by Crippen LogP contribution is 2.15. The van der Waals surface area contributed by atoms with Crippen molar-refractivity contribution in [2.75, 3.05) is 7.05 Å². The first-order valence-electron chi connectivity index (χ1n) is 8.09. The molecule has 0 unspecified atom stereocenters. The Labute approximate surface area is 153 Å². The van der Waals surface area contributed by atoms with Crippen molar-refractivity contribution in [1.29, 1.82) is 0 Å². The Hall–Kier alpha value is -3.07. The highest BCUT2D eigenvalue weighted by molar-refractivity contribution is 7.05. The standard InChI is InChI=1S/C17H17N7OS/c1-11-16(26-22-19-11)9-23(2)17(25)14-7-12(20-21-14)8-24-10-18-13-5-3-4-6-15(13)24/h3-7,10H,8-9H2,1-2H3,(H,20,21). The lowest BCUT2D eigenvalue weighted by molar-refractivity contribution is 0.0780. The number of carbonyl (C=O) groups excluding carboxylic acids is 1. The summed E-state index contributed by atoms with van der Waals surface area (Å²) >= 11 is 1.31. The molecule has 1 N–H and O–H groups in total. The van der Waals surface area contributed by atoms with Crippen LogP contribution < -0.4 is 0 Å². The van der Waals surface area contributed by atoms with Crippen LogP contribution in [-0.4, -0.2) is 47.2 Å². The third-order valence-corrected chi connectivity index (χ3v) is 5.00. The largest absolute Gasteiger partial charge is 0.335 e. The second kappa shape index (κ2) is 6.68. The van der Waals surface area contributed by atoms with Crippen molar-refractivity contribution >= 4 is 28.5 Å². The van der Waals surface area contributed by atoms with Gasteiger partial charge in [-0.1, -0.05) is 16.6 Å². The summed E-state index contributed by atoms with van der Waals surface area (Å²) in [6, 6.07) is 9.71. The Morgan fingerprint density at radius 1 is 1.35 bits per heavy atom. The van der Waals surface area contributed by atoms with Crippen LogP contribution in [0.1, 0.15) is 26.8 Å². The summed E-state index contributed by atoms with van der Waals surface area (Å²) in [6.45, 7) is 2.93. The number of hydrogen-bond acceptors (Lipinski definition) is 6. The first-order valence-corrected chi connectivity index (χ1v) is 8.86. The number of carbonyl (C=O) groups is 1. The zero-order valence-electron chi connectivity index (χ0n) is 14.4. The monoisotopic (exact) mass is 367 g/mol. The molecule has 1 aromatic carbocycles.